The van der Waals surface area contributed by atoms with E-state index in [2.05, 4.69) is 11.9 Å². The highest BCUT2D eigenvalue weighted by Crippen LogP contribution is 2.37. The van der Waals surface area contributed by atoms with Crippen LogP contribution < -0.4 is 15.2 Å². The second kappa shape index (κ2) is 7.02. The smallest absolute Gasteiger partial charge is 0.200 e. The summed E-state index contributed by atoms with van der Waals surface area (Å²) in [5.41, 5.74) is 7.69. The number of aromatic nitrogens is 2. The molecular formula is C16H23N3O2. The molecule has 1 heterocycles. The van der Waals surface area contributed by atoms with Crippen LogP contribution in [0.2, 0.25) is 0 Å². The lowest BCUT2D eigenvalue weighted by Crippen LogP contribution is -2.02. The van der Waals surface area contributed by atoms with Gasteiger partial charge >= 0.3 is 0 Å². The van der Waals surface area contributed by atoms with Crippen LogP contribution in [0.1, 0.15) is 26.2 Å². The van der Waals surface area contributed by atoms with E-state index in [4.69, 9.17) is 15.2 Å². The van der Waals surface area contributed by atoms with Crippen molar-refractivity contribution < 1.29 is 9.47 Å². The van der Waals surface area contributed by atoms with E-state index in [1.54, 1.807) is 14.2 Å². The van der Waals surface area contributed by atoms with Crippen molar-refractivity contribution in [3.8, 4) is 22.8 Å². The Labute approximate surface area is 125 Å². The Bertz CT molecular complexity index is 593. The predicted octanol–water partition coefficient (Wildman–Crippen LogP) is 3.34. The Morgan fingerprint density at radius 1 is 1.19 bits per heavy atom. The summed E-state index contributed by atoms with van der Waals surface area (Å²) >= 11 is 0. The third-order valence-electron chi connectivity index (χ3n) is 3.49. The first kappa shape index (κ1) is 15.2. The summed E-state index contributed by atoms with van der Waals surface area (Å²) in [6, 6.07) is 5.74. The first-order chi connectivity index (χ1) is 10.2. The molecule has 0 atom stereocenters. The van der Waals surface area contributed by atoms with Crippen LogP contribution in [0, 0.1) is 0 Å². The topological polar surface area (TPSA) is 62.3 Å². The molecule has 0 aliphatic heterocycles. The van der Waals surface area contributed by atoms with Gasteiger partial charge in [0.15, 0.2) is 11.5 Å². The van der Waals surface area contributed by atoms with Crippen LogP contribution in [0.5, 0.6) is 11.5 Å². The second-order valence-corrected chi connectivity index (χ2v) is 4.93. The van der Waals surface area contributed by atoms with E-state index < -0.39 is 0 Å². The van der Waals surface area contributed by atoms with E-state index in [9.17, 15) is 0 Å². The molecule has 5 nitrogen and oxygen atoms in total. The van der Waals surface area contributed by atoms with Crippen molar-refractivity contribution in [1.29, 1.82) is 0 Å². The Morgan fingerprint density at radius 2 is 2.00 bits per heavy atom. The minimum absolute atomic E-state index is 0.533. The third kappa shape index (κ3) is 3.29. The first-order valence-corrected chi connectivity index (χ1v) is 7.25. The number of unbranched alkanes of at least 4 members (excludes halogenated alkanes) is 2. The molecular weight excluding hydrogens is 266 g/mol. The molecule has 0 saturated heterocycles. The van der Waals surface area contributed by atoms with Crippen molar-refractivity contribution in [2.45, 2.75) is 32.7 Å². The van der Waals surface area contributed by atoms with Gasteiger partial charge in [0, 0.05) is 18.3 Å². The van der Waals surface area contributed by atoms with Gasteiger partial charge in [0.25, 0.3) is 0 Å². The minimum atomic E-state index is 0.533. The molecule has 0 saturated carbocycles. The van der Waals surface area contributed by atoms with Crippen LogP contribution in [0.25, 0.3) is 11.3 Å². The molecule has 5 heteroatoms. The lowest BCUT2D eigenvalue weighted by atomic mass is 10.1. The van der Waals surface area contributed by atoms with Crippen LogP contribution in [0.4, 0.5) is 5.95 Å². The number of hydrogen-bond acceptors (Lipinski definition) is 4. The maximum absolute atomic E-state index is 6.00. The predicted molar refractivity (Wildman–Crippen MR) is 84.7 cm³/mol. The molecule has 21 heavy (non-hydrogen) atoms. The van der Waals surface area contributed by atoms with Crippen LogP contribution in [-0.4, -0.2) is 23.8 Å². The van der Waals surface area contributed by atoms with Crippen LogP contribution in [0.3, 0.4) is 0 Å². The number of para-hydroxylation sites is 1. The Hall–Kier alpha value is -2.17. The fraction of sp³-hybridized carbons (Fsp3) is 0.438. The molecule has 2 rings (SSSR count). The van der Waals surface area contributed by atoms with Gasteiger partial charge in [-0.2, -0.15) is 0 Å². The SMILES string of the molecule is CCCCCn1cc(-c2cccc(OC)c2OC)nc1N. The van der Waals surface area contributed by atoms with Gasteiger partial charge in [0.2, 0.25) is 5.95 Å². The second-order valence-electron chi connectivity index (χ2n) is 4.93. The number of methoxy groups -OCH3 is 2. The quantitative estimate of drug-likeness (QED) is 0.794. The number of imidazole rings is 1. The summed E-state index contributed by atoms with van der Waals surface area (Å²) in [5, 5.41) is 0. The van der Waals surface area contributed by atoms with Crippen molar-refractivity contribution in [2.24, 2.45) is 0 Å². The number of hydrogen-bond donors (Lipinski definition) is 1. The number of nitrogens with two attached hydrogens (primary N) is 1. The summed E-state index contributed by atoms with van der Waals surface area (Å²) in [6.45, 7) is 3.07. The average molecular weight is 289 g/mol. The Morgan fingerprint density at radius 3 is 2.67 bits per heavy atom. The molecule has 114 valence electrons. The van der Waals surface area contributed by atoms with Gasteiger partial charge < -0.3 is 19.8 Å². The largest absolute Gasteiger partial charge is 0.493 e. The van der Waals surface area contributed by atoms with Gasteiger partial charge in [-0.1, -0.05) is 25.8 Å². The van der Waals surface area contributed by atoms with Crippen LogP contribution >= 0.6 is 0 Å². The number of anilines is 1. The number of nitrogen functional groups attached to an aromatic ring is 1. The Balaban J connectivity index is 2.32. The molecule has 1 aromatic heterocycles. The fourth-order valence-electron chi connectivity index (χ4n) is 2.36. The van der Waals surface area contributed by atoms with Crippen molar-refractivity contribution >= 4 is 5.95 Å². The molecule has 0 unspecified atom stereocenters. The summed E-state index contributed by atoms with van der Waals surface area (Å²) in [5.74, 6) is 1.90. The minimum Gasteiger partial charge on any atom is -0.493 e. The van der Waals surface area contributed by atoms with E-state index in [1.807, 2.05) is 29.0 Å². The van der Waals surface area contributed by atoms with E-state index in [-0.39, 0.29) is 0 Å². The number of nitrogens with zero attached hydrogens (tertiary/aromatic N) is 2. The zero-order valence-electron chi connectivity index (χ0n) is 12.9. The zero-order chi connectivity index (χ0) is 15.2. The van der Waals surface area contributed by atoms with Crippen LogP contribution in [0.15, 0.2) is 24.4 Å². The Kier molecular flexibility index (Phi) is 5.09. The molecule has 1 aromatic carbocycles. The van der Waals surface area contributed by atoms with E-state index in [1.165, 1.54) is 12.8 Å². The standard InChI is InChI=1S/C16H23N3O2/c1-4-5-6-10-19-11-13(18-16(19)17)12-8-7-9-14(20-2)15(12)21-3/h7-9,11H,4-6,10H2,1-3H3,(H2,17,18). The van der Waals surface area contributed by atoms with Gasteiger partial charge in [-0.25, -0.2) is 4.98 Å². The monoisotopic (exact) mass is 289 g/mol. The summed E-state index contributed by atoms with van der Waals surface area (Å²) < 4.78 is 12.8. The molecule has 0 fully saturated rings. The van der Waals surface area contributed by atoms with Gasteiger partial charge in [0.1, 0.15) is 0 Å². The van der Waals surface area contributed by atoms with E-state index in [0.29, 0.717) is 17.4 Å². The average Bonchev–Trinajstić information content (AvgIpc) is 2.87. The van der Waals surface area contributed by atoms with Crippen LogP contribution in [-0.2, 0) is 6.54 Å². The fourth-order valence-corrected chi connectivity index (χ4v) is 2.36. The van der Waals surface area contributed by atoms with Crippen molar-refractivity contribution in [1.82, 2.24) is 9.55 Å². The number of aryl methyl sites for hydroxylation is 1. The van der Waals surface area contributed by atoms with Crippen molar-refractivity contribution in [2.75, 3.05) is 20.0 Å². The highest BCUT2D eigenvalue weighted by Gasteiger charge is 2.15. The van der Waals surface area contributed by atoms with Crippen molar-refractivity contribution in [3.05, 3.63) is 24.4 Å². The lowest BCUT2D eigenvalue weighted by molar-refractivity contribution is 0.356. The van der Waals surface area contributed by atoms with E-state index in [0.717, 1.165) is 24.2 Å². The molecule has 0 radical (unpaired) electrons. The molecule has 0 bridgehead atoms. The molecule has 0 aliphatic rings. The molecule has 2 aromatic rings. The molecule has 2 N–H and O–H groups in total. The van der Waals surface area contributed by atoms with Gasteiger partial charge in [-0.15, -0.1) is 0 Å². The highest BCUT2D eigenvalue weighted by molar-refractivity contribution is 5.71. The third-order valence-corrected chi connectivity index (χ3v) is 3.49. The zero-order valence-corrected chi connectivity index (χ0v) is 12.9. The van der Waals surface area contributed by atoms with Gasteiger partial charge in [-0.05, 0) is 18.6 Å². The van der Waals surface area contributed by atoms with Crippen molar-refractivity contribution in [3.63, 3.8) is 0 Å². The highest BCUT2D eigenvalue weighted by atomic mass is 16.5. The summed E-state index contributed by atoms with van der Waals surface area (Å²) in [4.78, 5) is 4.45. The normalized spacial score (nSPS) is 10.6. The van der Waals surface area contributed by atoms with E-state index >= 15 is 0 Å². The number of ether oxygens (including phenoxy) is 2. The summed E-state index contributed by atoms with van der Waals surface area (Å²) in [7, 11) is 3.25. The first-order valence-electron chi connectivity index (χ1n) is 7.25. The maximum Gasteiger partial charge on any atom is 0.200 e. The molecule has 0 amide bonds. The molecule has 0 spiro atoms. The number of rotatable bonds is 7. The molecule has 0 aliphatic carbocycles. The van der Waals surface area contributed by atoms with Gasteiger partial charge in [0.05, 0.1) is 19.9 Å². The summed E-state index contributed by atoms with van der Waals surface area (Å²) in [6.07, 6.45) is 5.45. The van der Waals surface area contributed by atoms with Gasteiger partial charge in [-0.3, -0.25) is 0 Å². The number of benzene rings is 1. The maximum atomic E-state index is 6.00. The lowest BCUT2D eigenvalue weighted by Gasteiger charge is -2.10.